The normalized spacial score (nSPS) is 21.3. The van der Waals surface area contributed by atoms with E-state index in [2.05, 4.69) is 10.3 Å². The predicted octanol–water partition coefficient (Wildman–Crippen LogP) is 3.44. The molecular formula is C17H16Cl2N2O2. The maximum atomic E-state index is 11.4. The summed E-state index contributed by atoms with van der Waals surface area (Å²) in [5.41, 5.74) is 0.678. The molecule has 0 spiro atoms. The molecule has 3 rings (SSSR count). The third-order valence-corrected chi connectivity index (χ3v) is 4.58. The molecule has 0 bridgehead atoms. The summed E-state index contributed by atoms with van der Waals surface area (Å²) in [4.78, 5) is 4.43. The van der Waals surface area contributed by atoms with E-state index in [1.165, 1.54) is 0 Å². The lowest BCUT2D eigenvalue weighted by Gasteiger charge is -2.25. The molecule has 120 valence electrons. The van der Waals surface area contributed by atoms with Crippen LogP contribution in [0.1, 0.15) is 17.5 Å². The molecule has 0 aromatic heterocycles. The van der Waals surface area contributed by atoms with Crippen LogP contribution in [0.5, 0.6) is 0 Å². The zero-order valence-corrected chi connectivity index (χ0v) is 13.8. The molecule has 1 aliphatic rings. The monoisotopic (exact) mass is 350 g/mol. The summed E-state index contributed by atoms with van der Waals surface area (Å²) >= 11 is 12.1. The molecule has 6 heteroatoms. The fourth-order valence-corrected chi connectivity index (χ4v) is 2.98. The van der Waals surface area contributed by atoms with Crippen LogP contribution in [-0.4, -0.2) is 29.2 Å². The number of hydrogen-bond donors (Lipinski definition) is 3. The molecule has 0 aliphatic carbocycles. The fraction of sp³-hybridized carbons (Fsp3) is 0.235. The lowest BCUT2D eigenvalue weighted by atomic mass is 9.87. The van der Waals surface area contributed by atoms with Gasteiger partial charge in [-0.3, -0.25) is 4.99 Å². The number of benzene rings is 2. The maximum Gasteiger partial charge on any atom is 0.174 e. The van der Waals surface area contributed by atoms with Gasteiger partial charge in [-0.1, -0.05) is 47.5 Å². The van der Waals surface area contributed by atoms with Gasteiger partial charge in [0.25, 0.3) is 0 Å². The number of aliphatic imine (C=N–C) groups is 1. The van der Waals surface area contributed by atoms with Crippen LogP contribution in [0.15, 0.2) is 47.5 Å². The number of hydrogen-bond acceptors (Lipinski definition) is 3. The molecule has 1 atom stereocenters. The Kier molecular flexibility index (Phi) is 4.60. The van der Waals surface area contributed by atoms with Crippen molar-refractivity contribution in [2.75, 3.05) is 18.5 Å². The summed E-state index contributed by atoms with van der Waals surface area (Å²) in [6.07, 6.45) is 0.527. The van der Waals surface area contributed by atoms with Gasteiger partial charge >= 0.3 is 0 Å². The number of para-hydroxylation sites is 1. The first-order chi connectivity index (χ1) is 11.1. The van der Waals surface area contributed by atoms with Crippen molar-refractivity contribution in [3.8, 4) is 0 Å². The number of aliphatic hydroxyl groups is 2. The van der Waals surface area contributed by atoms with Crippen molar-refractivity contribution in [2.45, 2.75) is 12.0 Å². The van der Waals surface area contributed by atoms with Crippen molar-refractivity contribution in [1.29, 1.82) is 0 Å². The van der Waals surface area contributed by atoms with Gasteiger partial charge in [-0.05, 0) is 30.2 Å². The fourth-order valence-electron chi connectivity index (χ4n) is 2.68. The average Bonchev–Trinajstić information content (AvgIpc) is 2.84. The van der Waals surface area contributed by atoms with Crippen molar-refractivity contribution in [3.63, 3.8) is 0 Å². The number of nitrogens with zero attached hydrogens (tertiary/aromatic N) is 1. The number of nitrogens with one attached hydrogen (secondary N) is 1. The molecule has 1 heterocycles. The number of fused-ring (bicyclic) bond motifs is 1. The van der Waals surface area contributed by atoms with E-state index in [0.29, 0.717) is 40.0 Å². The number of anilines is 1. The van der Waals surface area contributed by atoms with Gasteiger partial charge in [-0.2, -0.15) is 0 Å². The van der Waals surface area contributed by atoms with Gasteiger partial charge in [-0.15, -0.1) is 0 Å². The predicted molar refractivity (Wildman–Crippen MR) is 93.5 cm³/mol. The summed E-state index contributed by atoms with van der Waals surface area (Å²) in [6.45, 7) is 0.464. The van der Waals surface area contributed by atoms with Gasteiger partial charge in [-0.25, -0.2) is 0 Å². The second kappa shape index (κ2) is 6.49. The van der Waals surface area contributed by atoms with E-state index in [1.54, 1.807) is 18.2 Å². The van der Waals surface area contributed by atoms with Crippen LogP contribution < -0.4 is 5.32 Å². The Morgan fingerprint density at radius 2 is 1.87 bits per heavy atom. The van der Waals surface area contributed by atoms with E-state index in [4.69, 9.17) is 28.3 Å². The van der Waals surface area contributed by atoms with Crippen molar-refractivity contribution >= 4 is 34.7 Å². The Hall–Kier alpha value is -1.59. The molecule has 0 radical (unpaired) electrons. The topological polar surface area (TPSA) is 64.9 Å². The minimum Gasteiger partial charge on any atom is -0.396 e. The van der Waals surface area contributed by atoms with Crippen molar-refractivity contribution in [2.24, 2.45) is 4.99 Å². The average molecular weight is 351 g/mol. The first-order valence-electron chi connectivity index (χ1n) is 7.27. The van der Waals surface area contributed by atoms with Crippen LogP contribution in [0.25, 0.3) is 0 Å². The first-order valence-corrected chi connectivity index (χ1v) is 8.03. The highest BCUT2D eigenvalue weighted by molar-refractivity contribution is 6.42. The largest absolute Gasteiger partial charge is 0.396 e. The Labute approximate surface area is 144 Å². The van der Waals surface area contributed by atoms with Gasteiger partial charge in [0.1, 0.15) is 5.84 Å². The van der Waals surface area contributed by atoms with Crippen LogP contribution in [-0.2, 0) is 5.60 Å². The Morgan fingerprint density at radius 1 is 1.09 bits per heavy atom. The highest BCUT2D eigenvalue weighted by atomic mass is 35.5. The van der Waals surface area contributed by atoms with Crippen LogP contribution in [0.4, 0.5) is 5.69 Å². The Morgan fingerprint density at radius 3 is 2.61 bits per heavy atom. The lowest BCUT2D eigenvalue weighted by Crippen LogP contribution is -2.36. The Balaban J connectivity index is 2.13. The number of aliphatic hydroxyl groups excluding tert-OH is 1. The van der Waals surface area contributed by atoms with Gasteiger partial charge < -0.3 is 15.5 Å². The van der Waals surface area contributed by atoms with Crippen molar-refractivity contribution in [3.05, 3.63) is 63.6 Å². The first kappa shape index (κ1) is 16.3. The molecule has 1 aliphatic heterocycles. The summed E-state index contributed by atoms with van der Waals surface area (Å²) in [6, 6.07) is 12.5. The molecule has 0 fully saturated rings. The molecule has 0 saturated carbocycles. The lowest BCUT2D eigenvalue weighted by molar-refractivity contribution is 0.160. The number of amidine groups is 1. The summed E-state index contributed by atoms with van der Waals surface area (Å²) in [5.74, 6) is 0.422. The molecular weight excluding hydrogens is 335 g/mol. The highest BCUT2D eigenvalue weighted by Crippen LogP contribution is 2.42. The van der Waals surface area contributed by atoms with Gasteiger partial charge in [0.15, 0.2) is 5.60 Å². The molecule has 3 N–H and O–H groups in total. The van der Waals surface area contributed by atoms with Gasteiger partial charge in [0.2, 0.25) is 0 Å². The van der Waals surface area contributed by atoms with E-state index < -0.39 is 5.60 Å². The number of rotatable bonds is 4. The van der Waals surface area contributed by atoms with Crippen LogP contribution in [0, 0.1) is 0 Å². The van der Waals surface area contributed by atoms with E-state index >= 15 is 0 Å². The SMILES string of the molecule is OCCCN=C1Nc2ccccc2C1(O)c1ccc(Cl)c(Cl)c1. The molecule has 4 nitrogen and oxygen atoms in total. The van der Waals surface area contributed by atoms with E-state index in [9.17, 15) is 5.11 Å². The quantitative estimate of drug-likeness (QED) is 0.740. The molecule has 1 unspecified atom stereocenters. The van der Waals surface area contributed by atoms with Crippen molar-refractivity contribution in [1.82, 2.24) is 0 Å². The summed E-state index contributed by atoms with van der Waals surface area (Å²) in [7, 11) is 0. The standard InChI is InChI=1S/C17H16Cl2N2O2/c18-13-7-6-11(10-14(13)19)17(23)12-4-1-2-5-15(12)21-16(17)20-8-3-9-22/h1-2,4-7,10,22-23H,3,8-9H2,(H,20,21). The molecule has 2 aromatic rings. The second-order valence-electron chi connectivity index (χ2n) is 5.32. The van der Waals surface area contributed by atoms with Crippen molar-refractivity contribution < 1.29 is 10.2 Å². The summed E-state index contributed by atoms with van der Waals surface area (Å²) < 4.78 is 0. The van der Waals surface area contributed by atoms with Gasteiger partial charge in [0, 0.05) is 24.4 Å². The molecule has 0 amide bonds. The zero-order chi connectivity index (χ0) is 16.4. The maximum absolute atomic E-state index is 11.4. The third kappa shape index (κ3) is 2.83. The second-order valence-corrected chi connectivity index (χ2v) is 6.13. The number of halogens is 2. The smallest absolute Gasteiger partial charge is 0.174 e. The molecule has 0 saturated heterocycles. The molecule has 23 heavy (non-hydrogen) atoms. The Bertz CT molecular complexity index is 764. The van der Waals surface area contributed by atoms with Crippen LogP contribution in [0.2, 0.25) is 10.0 Å². The van der Waals surface area contributed by atoms with Gasteiger partial charge in [0.05, 0.1) is 10.0 Å². The zero-order valence-electron chi connectivity index (χ0n) is 12.3. The van der Waals surface area contributed by atoms with Crippen LogP contribution in [0.3, 0.4) is 0 Å². The summed E-state index contributed by atoms with van der Waals surface area (Å²) in [5, 5.41) is 24.3. The van der Waals surface area contributed by atoms with E-state index in [0.717, 1.165) is 5.69 Å². The molecule has 2 aromatic carbocycles. The van der Waals surface area contributed by atoms with E-state index in [-0.39, 0.29) is 6.61 Å². The van der Waals surface area contributed by atoms with E-state index in [1.807, 2.05) is 24.3 Å². The third-order valence-electron chi connectivity index (χ3n) is 3.84. The highest BCUT2D eigenvalue weighted by Gasteiger charge is 2.44. The minimum atomic E-state index is -1.42. The minimum absolute atomic E-state index is 0.0505. The van der Waals surface area contributed by atoms with Crippen LogP contribution >= 0.6 is 23.2 Å².